The van der Waals surface area contributed by atoms with Gasteiger partial charge in [0.15, 0.2) is 0 Å². The van der Waals surface area contributed by atoms with Crippen molar-refractivity contribution < 1.29 is 0 Å². The molecular weight excluding hydrogens is 226 g/mol. The molecule has 1 aromatic rings. The molecule has 0 aliphatic carbocycles. The van der Waals surface area contributed by atoms with Gasteiger partial charge in [-0.3, -0.25) is 4.79 Å². The molecule has 0 unspecified atom stereocenters. The lowest BCUT2D eigenvalue weighted by Crippen LogP contribution is -2.27. The second kappa shape index (κ2) is 5.34. The summed E-state index contributed by atoms with van der Waals surface area (Å²) < 4.78 is 1.40. The van der Waals surface area contributed by atoms with E-state index in [4.69, 9.17) is 11.6 Å². The van der Waals surface area contributed by atoms with Gasteiger partial charge in [-0.25, -0.2) is 4.68 Å². The number of halogens is 1. The second-order valence-corrected chi connectivity index (χ2v) is 4.93. The molecule has 0 fully saturated rings. The van der Waals surface area contributed by atoms with Gasteiger partial charge >= 0.3 is 0 Å². The van der Waals surface area contributed by atoms with E-state index in [1.165, 1.54) is 4.68 Å². The molecule has 1 heterocycles. The second-order valence-electron chi connectivity index (χ2n) is 4.55. The summed E-state index contributed by atoms with van der Waals surface area (Å²) in [5.74, 6) is 0.366. The van der Waals surface area contributed by atoms with Crippen molar-refractivity contribution in [1.29, 1.82) is 0 Å². The quantitative estimate of drug-likeness (QED) is 0.883. The average molecular weight is 244 g/mol. The van der Waals surface area contributed by atoms with E-state index in [9.17, 15) is 4.79 Å². The van der Waals surface area contributed by atoms with Crippen LogP contribution in [-0.4, -0.2) is 15.8 Å². The van der Waals surface area contributed by atoms with E-state index in [1.54, 1.807) is 6.20 Å². The Kier molecular flexibility index (Phi) is 4.35. The SMILES string of the molecule is CC(C)Cn1ncc(NC(C)C)c(Cl)c1=O. The van der Waals surface area contributed by atoms with Crippen molar-refractivity contribution >= 4 is 17.3 Å². The van der Waals surface area contributed by atoms with Gasteiger partial charge in [0.25, 0.3) is 5.56 Å². The molecule has 0 aliphatic rings. The van der Waals surface area contributed by atoms with Gasteiger partial charge in [-0.1, -0.05) is 25.4 Å². The van der Waals surface area contributed by atoms with Crippen molar-refractivity contribution in [3.8, 4) is 0 Å². The third-order valence-electron chi connectivity index (χ3n) is 1.97. The molecule has 0 saturated carbocycles. The van der Waals surface area contributed by atoms with Crippen molar-refractivity contribution in [2.24, 2.45) is 5.92 Å². The van der Waals surface area contributed by atoms with Crippen LogP contribution in [0.5, 0.6) is 0 Å². The van der Waals surface area contributed by atoms with E-state index in [0.717, 1.165) is 0 Å². The Hall–Kier alpha value is -1.03. The highest BCUT2D eigenvalue weighted by atomic mass is 35.5. The number of hydrogen-bond acceptors (Lipinski definition) is 3. The van der Waals surface area contributed by atoms with Crippen molar-refractivity contribution in [3.05, 3.63) is 21.6 Å². The summed E-state index contributed by atoms with van der Waals surface area (Å²) >= 11 is 5.99. The van der Waals surface area contributed by atoms with E-state index in [1.807, 2.05) is 27.7 Å². The average Bonchev–Trinajstić information content (AvgIpc) is 2.16. The Morgan fingerprint density at radius 1 is 1.44 bits per heavy atom. The zero-order chi connectivity index (χ0) is 12.3. The topological polar surface area (TPSA) is 46.9 Å². The van der Waals surface area contributed by atoms with Crippen molar-refractivity contribution in [3.63, 3.8) is 0 Å². The van der Waals surface area contributed by atoms with E-state index in [0.29, 0.717) is 18.2 Å². The Morgan fingerprint density at radius 2 is 2.06 bits per heavy atom. The van der Waals surface area contributed by atoms with Crippen LogP contribution in [0.2, 0.25) is 5.02 Å². The third kappa shape index (κ3) is 3.23. The van der Waals surface area contributed by atoms with Crippen LogP contribution in [0, 0.1) is 5.92 Å². The van der Waals surface area contributed by atoms with Crippen molar-refractivity contribution in [2.45, 2.75) is 40.3 Å². The monoisotopic (exact) mass is 243 g/mol. The lowest BCUT2D eigenvalue weighted by Gasteiger charge is -2.13. The Balaban J connectivity index is 3.04. The minimum absolute atomic E-state index is 0.212. The van der Waals surface area contributed by atoms with Crippen LogP contribution in [0.25, 0.3) is 0 Å². The number of hydrogen-bond donors (Lipinski definition) is 1. The van der Waals surface area contributed by atoms with Crippen LogP contribution >= 0.6 is 11.6 Å². The fraction of sp³-hybridized carbons (Fsp3) is 0.636. The van der Waals surface area contributed by atoms with Gasteiger partial charge in [-0.15, -0.1) is 0 Å². The fourth-order valence-electron chi connectivity index (χ4n) is 1.35. The molecule has 0 radical (unpaired) electrons. The molecule has 1 rings (SSSR count). The van der Waals surface area contributed by atoms with Gasteiger partial charge in [-0.2, -0.15) is 5.10 Å². The van der Waals surface area contributed by atoms with Crippen LogP contribution < -0.4 is 10.9 Å². The molecule has 0 amide bonds. The number of nitrogens with one attached hydrogen (secondary N) is 1. The number of nitrogens with zero attached hydrogens (tertiary/aromatic N) is 2. The Bertz CT molecular complexity index is 412. The molecular formula is C11H18ClN3O. The summed E-state index contributed by atoms with van der Waals surface area (Å²) in [7, 11) is 0. The Labute approximate surface area is 101 Å². The molecule has 1 aromatic heterocycles. The highest BCUT2D eigenvalue weighted by Crippen LogP contribution is 2.16. The third-order valence-corrected chi connectivity index (χ3v) is 2.33. The molecule has 90 valence electrons. The van der Waals surface area contributed by atoms with E-state index in [2.05, 4.69) is 10.4 Å². The lowest BCUT2D eigenvalue weighted by molar-refractivity contribution is 0.464. The van der Waals surface area contributed by atoms with Crippen molar-refractivity contribution in [2.75, 3.05) is 5.32 Å². The largest absolute Gasteiger partial charge is 0.380 e. The van der Waals surface area contributed by atoms with Gasteiger partial charge in [0, 0.05) is 12.6 Å². The summed E-state index contributed by atoms with van der Waals surface area (Å²) in [5.41, 5.74) is 0.364. The van der Waals surface area contributed by atoms with E-state index < -0.39 is 0 Å². The van der Waals surface area contributed by atoms with Gasteiger partial charge in [0.1, 0.15) is 5.02 Å². The van der Waals surface area contributed by atoms with Crippen LogP contribution in [0.1, 0.15) is 27.7 Å². The van der Waals surface area contributed by atoms with Crippen LogP contribution in [0.3, 0.4) is 0 Å². The maximum atomic E-state index is 11.8. The minimum Gasteiger partial charge on any atom is -0.380 e. The first-order valence-electron chi connectivity index (χ1n) is 5.44. The predicted molar refractivity (Wildman–Crippen MR) is 67.1 cm³/mol. The normalized spacial score (nSPS) is 11.2. The smallest absolute Gasteiger partial charge is 0.287 e. The van der Waals surface area contributed by atoms with E-state index in [-0.39, 0.29) is 16.6 Å². The number of aromatic nitrogens is 2. The van der Waals surface area contributed by atoms with Gasteiger partial charge < -0.3 is 5.32 Å². The summed E-state index contributed by atoms with van der Waals surface area (Å²) in [5, 5.41) is 7.39. The first-order chi connectivity index (χ1) is 7.41. The standard InChI is InChI=1S/C11H18ClN3O/c1-7(2)6-15-11(16)10(12)9(5-13-15)14-8(3)4/h5,7-8,14H,6H2,1-4H3. The molecule has 5 heteroatoms. The van der Waals surface area contributed by atoms with Crippen LogP contribution in [0.4, 0.5) is 5.69 Å². The summed E-state index contributed by atoms with van der Waals surface area (Å²) in [6, 6.07) is 0.222. The maximum Gasteiger partial charge on any atom is 0.287 e. The van der Waals surface area contributed by atoms with Crippen LogP contribution in [-0.2, 0) is 6.54 Å². The molecule has 0 aliphatic heterocycles. The molecule has 4 nitrogen and oxygen atoms in total. The molecule has 0 spiro atoms. The predicted octanol–water partition coefficient (Wildman–Crippen LogP) is 2.37. The maximum absolute atomic E-state index is 11.8. The fourth-order valence-corrected chi connectivity index (χ4v) is 1.55. The van der Waals surface area contributed by atoms with Gasteiger partial charge in [-0.05, 0) is 19.8 Å². The zero-order valence-electron chi connectivity index (χ0n) is 10.1. The molecule has 0 saturated heterocycles. The summed E-state index contributed by atoms with van der Waals surface area (Å²) in [6.07, 6.45) is 1.60. The molecule has 16 heavy (non-hydrogen) atoms. The first kappa shape index (κ1) is 13.0. The molecule has 0 bridgehead atoms. The number of rotatable bonds is 4. The zero-order valence-corrected chi connectivity index (χ0v) is 10.9. The Morgan fingerprint density at radius 3 is 2.56 bits per heavy atom. The van der Waals surface area contributed by atoms with Crippen LogP contribution in [0.15, 0.2) is 11.0 Å². The molecule has 0 atom stereocenters. The van der Waals surface area contributed by atoms with Crippen molar-refractivity contribution in [1.82, 2.24) is 9.78 Å². The minimum atomic E-state index is -0.235. The van der Waals surface area contributed by atoms with Gasteiger partial charge in [0.2, 0.25) is 0 Å². The summed E-state index contributed by atoms with van der Waals surface area (Å²) in [4.78, 5) is 11.8. The molecule has 1 N–H and O–H groups in total. The highest BCUT2D eigenvalue weighted by molar-refractivity contribution is 6.32. The van der Waals surface area contributed by atoms with Gasteiger partial charge in [0.05, 0.1) is 11.9 Å². The number of anilines is 1. The highest BCUT2D eigenvalue weighted by Gasteiger charge is 2.10. The lowest BCUT2D eigenvalue weighted by atomic mass is 10.2. The summed E-state index contributed by atoms with van der Waals surface area (Å²) in [6.45, 7) is 8.61. The molecule has 0 aromatic carbocycles. The van der Waals surface area contributed by atoms with E-state index >= 15 is 0 Å². The first-order valence-corrected chi connectivity index (χ1v) is 5.81.